The van der Waals surface area contributed by atoms with E-state index in [0.717, 1.165) is 44.7 Å². The highest BCUT2D eigenvalue weighted by molar-refractivity contribution is 7.90. The Hall–Kier alpha value is -2.88. The van der Waals surface area contributed by atoms with E-state index in [1.807, 2.05) is 12.1 Å². The lowest BCUT2D eigenvalue weighted by molar-refractivity contribution is -0.117. The van der Waals surface area contributed by atoms with Crippen molar-refractivity contribution in [2.24, 2.45) is 0 Å². The number of benzene rings is 1. The van der Waals surface area contributed by atoms with Gasteiger partial charge in [0.2, 0.25) is 0 Å². The summed E-state index contributed by atoms with van der Waals surface area (Å²) in [5.41, 5.74) is 1.74. The number of rotatable bonds is 7. The van der Waals surface area contributed by atoms with Crippen LogP contribution in [0.25, 0.3) is 0 Å². The molecule has 4 aliphatic rings. The van der Waals surface area contributed by atoms with Gasteiger partial charge in [-0.25, -0.2) is 0 Å². The Balaban J connectivity index is 1.16. The van der Waals surface area contributed by atoms with Gasteiger partial charge in [-0.05, 0) is 68.6 Å². The topological polar surface area (TPSA) is 102 Å². The summed E-state index contributed by atoms with van der Waals surface area (Å²) in [4.78, 5) is 16.9. The highest BCUT2D eigenvalue weighted by atomic mass is 32.2. The zero-order chi connectivity index (χ0) is 23.7. The summed E-state index contributed by atoms with van der Waals surface area (Å²) in [5.74, 6) is 0.894. The van der Waals surface area contributed by atoms with Crippen LogP contribution in [0.5, 0.6) is 0 Å². The first-order valence-electron chi connectivity index (χ1n) is 11.8. The van der Waals surface area contributed by atoms with Gasteiger partial charge in [-0.1, -0.05) is 36.4 Å². The maximum absolute atomic E-state index is 13.0. The Bertz CT molecular complexity index is 1180. The largest absolute Gasteiger partial charge is 0.369 e. The molecule has 9 heteroatoms. The zero-order valence-corrected chi connectivity index (χ0v) is 19.8. The number of likely N-dealkylation sites (tertiary alicyclic amines) is 1. The molecule has 1 atom stereocenters. The number of amides is 1. The monoisotopic (exact) mass is 482 g/mol. The van der Waals surface area contributed by atoms with Crippen LogP contribution in [0.1, 0.15) is 30.7 Å². The van der Waals surface area contributed by atoms with E-state index in [2.05, 4.69) is 39.8 Å². The minimum Gasteiger partial charge on any atom is -0.369 e. The third-order valence-corrected chi connectivity index (χ3v) is 7.93. The summed E-state index contributed by atoms with van der Waals surface area (Å²) >= 11 is 0. The highest BCUT2D eigenvalue weighted by Crippen LogP contribution is 2.37. The Morgan fingerprint density at radius 3 is 2.68 bits per heavy atom. The van der Waals surface area contributed by atoms with Crippen molar-refractivity contribution in [3.8, 4) is 0 Å². The molecule has 180 valence electrons. The maximum Gasteiger partial charge on any atom is 0.297 e. The fraction of sp³-hybridized carbons (Fsp3) is 0.400. The van der Waals surface area contributed by atoms with E-state index in [9.17, 15) is 17.8 Å². The third-order valence-electron chi connectivity index (χ3n) is 6.99. The lowest BCUT2D eigenvalue weighted by atomic mass is 9.89. The standard InChI is InChI=1S/C25H30N4O4S/c30-25(26-12-5-13-28-14-10-19(11-15-28)18-6-2-1-3-7-18)21-16-20-17-27-23-9-4-8-22(29(20)23)24(21)34(31,32)33/h1-4,6-9,16,19-20,27H,5,10-15,17H2,(H,26,30)(H,31,32,33). The summed E-state index contributed by atoms with van der Waals surface area (Å²) in [5, 5.41) is 6.07. The van der Waals surface area contributed by atoms with Gasteiger partial charge in [0.15, 0.2) is 0 Å². The molecular formula is C25H30N4O4S. The zero-order valence-electron chi connectivity index (χ0n) is 19.0. The molecule has 4 heterocycles. The van der Waals surface area contributed by atoms with Crippen LogP contribution in [0, 0.1) is 0 Å². The normalized spacial score (nSPS) is 22.7. The summed E-state index contributed by atoms with van der Waals surface area (Å²) in [7, 11) is -4.59. The number of carbonyl (C=O) groups excluding carboxylic acids is 1. The molecule has 0 aliphatic carbocycles. The van der Waals surface area contributed by atoms with Crippen LogP contribution in [0.2, 0.25) is 0 Å². The van der Waals surface area contributed by atoms with Gasteiger partial charge in [0.1, 0.15) is 10.7 Å². The molecule has 0 aromatic heterocycles. The average Bonchev–Trinajstić information content (AvgIpc) is 3.26. The first kappa shape index (κ1) is 22.9. The van der Waals surface area contributed by atoms with Gasteiger partial charge >= 0.3 is 0 Å². The second-order valence-corrected chi connectivity index (χ2v) is 10.5. The molecule has 0 bridgehead atoms. The van der Waals surface area contributed by atoms with Crippen LogP contribution in [-0.4, -0.2) is 67.4 Å². The van der Waals surface area contributed by atoms with E-state index in [-0.39, 0.29) is 16.5 Å². The fourth-order valence-corrected chi connectivity index (χ4v) is 6.18. The van der Waals surface area contributed by atoms with Crippen molar-refractivity contribution >= 4 is 16.0 Å². The lowest BCUT2D eigenvalue weighted by Gasteiger charge is -2.33. The van der Waals surface area contributed by atoms with Crippen molar-refractivity contribution in [2.45, 2.75) is 31.2 Å². The Morgan fingerprint density at radius 1 is 1.18 bits per heavy atom. The van der Waals surface area contributed by atoms with Crippen LogP contribution in [-0.2, 0) is 14.9 Å². The van der Waals surface area contributed by atoms with Crippen LogP contribution >= 0.6 is 0 Å². The Morgan fingerprint density at radius 2 is 1.94 bits per heavy atom. The van der Waals surface area contributed by atoms with Crippen LogP contribution in [0.3, 0.4) is 0 Å². The fourth-order valence-electron chi connectivity index (χ4n) is 5.31. The molecule has 0 saturated carbocycles. The summed E-state index contributed by atoms with van der Waals surface area (Å²) in [6.07, 6.45) is 9.83. The second-order valence-electron chi connectivity index (χ2n) is 9.14. The molecule has 1 unspecified atom stereocenters. The summed E-state index contributed by atoms with van der Waals surface area (Å²) in [6.45, 7) is 3.95. The van der Waals surface area contributed by atoms with Crippen LogP contribution in [0.4, 0.5) is 0 Å². The Kier molecular flexibility index (Phi) is 6.33. The van der Waals surface area contributed by atoms with Crippen molar-refractivity contribution in [1.29, 1.82) is 0 Å². The molecule has 0 spiro atoms. The maximum atomic E-state index is 13.0. The molecule has 5 rings (SSSR count). The van der Waals surface area contributed by atoms with E-state index in [4.69, 9.17) is 0 Å². The van der Waals surface area contributed by atoms with Gasteiger partial charge in [0, 0.05) is 13.1 Å². The van der Waals surface area contributed by atoms with Gasteiger partial charge in [-0.2, -0.15) is 8.42 Å². The van der Waals surface area contributed by atoms with E-state index in [1.54, 1.807) is 23.1 Å². The highest BCUT2D eigenvalue weighted by Gasteiger charge is 2.41. The van der Waals surface area contributed by atoms with E-state index < -0.39 is 16.0 Å². The molecule has 8 nitrogen and oxygen atoms in total. The van der Waals surface area contributed by atoms with Crippen molar-refractivity contribution in [2.75, 3.05) is 32.7 Å². The minimum absolute atomic E-state index is 0.0111. The molecule has 0 radical (unpaired) electrons. The van der Waals surface area contributed by atoms with Gasteiger partial charge in [0.05, 0.1) is 17.3 Å². The molecule has 1 amide bonds. The van der Waals surface area contributed by atoms with Gasteiger partial charge in [-0.15, -0.1) is 0 Å². The van der Waals surface area contributed by atoms with Crippen LogP contribution < -0.4 is 10.6 Å². The van der Waals surface area contributed by atoms with E-state index in [1.165, 1.54) is 5.56 Å². The van der Waals surface area contributed by atoms with E-state index >= 15 is 0 Å². The summed E-state index contributed by atoms with van der Waals surface area (Å²) in [6, 6.07) is 10.5. The molecule has 1 aromatic rings. The SMILES string of the molecule is O=C(NCCCN1CCC(c2ccccc2)CC1)C1=CC2CNC3=CC=CC(=C1S(=O)(=O)O)N32. The quantitative estimate of drug-likeness (QED) is 0.404. The van der Waals surface area contributed by atoms with Gasteiger partial charge in [-0.3, -0.25) is 9.35 Å². The summed E-state index contributed by atoms with van der Waals surface area (Å²) < 4.78 is 34.4. The molecule has 1 aromatic carbocycles. The Labute approximate surface area is 200 Å². The van der Waals surface area contributed by atoms with Gasteiger partial charge < -0.3 is 20.4 Å². The van der Waals surface area contributed by atoms with Crippen LogP contribution in [0.15, 0.2) is 76.6 Å². The first-order chi connectivity index (χ1) is 16.4. The molecule has 2 fully saturated rings. The van der Waals surface area contributed by atoms with Crippen molar-refractivity contribution in [3.05, 3.63) is 82.2 Å². The van der Waals surface area contributed by atoms with Gasteiger partial charge in [0.25, 0.3) is 16.0 Å². The lowest BCUT2D eigenvalue weighted by Crippen LogP contribution is -2.39. The number of allylic oxidation sites excluding steroid dienone is 3. The smallest absolute Gasteiger partial charge is 0.297 e. The number of nitrogens with one attached hydrogen (secondary N) is 2. The molecule has 4 aliphatic heterocycles. The first-order valence-corrected chi connectivity index (χ1v) is 13.3. The predicted octanol–water partition coefficient (Wildman–Crippen LogP) is 2.10. The average molecular weight is 483 g/mol. The number of hydrogen-bond acceptors (Lipinski definition) is 6. The van der Waals surface area contributed by atoms with Crippen molar-refractivity contribution in [1.82, 2.24) is 20.4 Å². The molecule has 2 saturated heterocycles. The number of carbonyl (C=O) groups is 1. The molecule has 3 N–H and O–H groups in total. The number of hydrogen-bond donors (Lipinski definition) is 3. The number of nitrogens with zero attached hydrogens (tertiary/aromatic N) is 2. The minimum atomic E-state index is -4.59. The van der Waals surface area contributed by atoms with Crippen molar-refractivity contribution in [3.63, 3.8) is 0 Å². The molecule has 34 heavy (non-hydrogen) atoms. The third kappa shape index (κ3) is 4.55. The number of piperidine rings is 1. The molecular weight excluding hydrogens is 452 g/mol. The van der Waals surface area contributed by atoms with E-state index in [0.29, 0.717) is 24.7 Å². The van der Waals surface area contributed by atoms with Crippen molar-refractivity contribution < 1.29 is 17.8 Å². The predicted molar refractivity (Wildman–Crippen MR) is 130 cm³/mol. The second kappa shape index (κ2) is 9.40.